The third-order valence-corrected chi connectivity index (χ3v) is 8.21. The van der Waals surface area contributed by atoms with Crippen LogP contribution >= 0.6 is 11.6 Å². The number of hydrogen-bond acceptors (Lipinski definition) is 6. The molecule has 12 heteroatoms. The van der Waals surface area contributed by atoms with E-state index < -0.39 is 17.5 Å². The molecular formula is C40H40ClF3N6O2. The molecule has 2 aromatic heterocycles. The van der Waals surface area contributed by atoms with E-state index in [0.29, 0.717) is 28.1 Å². The van der Waals surface area contributed by atoms with Gasteiger partial charge in [-0.1, -0.05) is 74.0 Å². The minimum Gasteiger partial charge on any atom is -0.345 e. The Morgan fingerprint density at radius 3 is 1.46 bits per heavy atom. The first-order valence-electron chi connectivity index (χ1n) is 16.4. The highest BCUT2D eigenvalue weighted by Gasteiger charge is 2.19. The molecule has 8 nitrogen and oxygen atoms in total. The molecule has 0 bridgehead atoms. The van der Waals surface area contributed by atoms with Gasteiger partial charge in [0.15, 0.2) is 17.5 Å². The Labute approximate surface area is 306 Å². The van der Waals surface area contributed by atoms with Crippen molar-refractivity contribution in [1.82, 2.24) is 19.8 Å². The van der Waals surface area contributed by atoms with E-state index in [2.05, 4.69) is 20.6 Å². The number of carbonyl (C=O) groups excluding carboxylic acids is 2. The van der Waals surface area contributed by atoms with E-state index in [1.807, 2.05) is 58.0 Å². The molecule has 0 aliphatic rings. The number of hydrogen-bond donors (Lipinski definition) is 2. The first-order chi connectivity index (χ1) is 24.8. The molecule has 0 spiro atoms. The number of rotatable bonds is 6. The SMILES string of the molecule is CC.Cc1cccc2c(Nc3cccc(Cl)c3F)ncc(C(=O)N(C)C)c12.Cc1cccc2c(Nc3cccc(F)c3F)ncc(C(=O)N(C)C)c12. The van der Waals surface area contributed by atoms with Crippen LogP contribution in [0.5, 0.6) is 0 Å². The lowest BCUT2D eigenvalue weighted by Crippen LogP contribution is -2.22. The van der Waals surface area contributed by atoms with Gasteiger partial charge in [-0.2, -0.15) is 0 Å². The number of aromatic nitrogens is 2. The molecule has 0 unspecified atom stereocenters. The van der Waals surface area contributed by atoms with E-state index in [4.69, 9.17) is 11.6 Å². The summed E-state index contributed by atoms with van der Waals surface area (Å²) in [5.41, 5.74) is 3.03. The predicted molar refractivity (Wildman–Crippen MR) is 205 cm³/mol. The lowest BCUT2D eigenvalue weighted by Gasteiger charge is -2.16. The van der Waals surface area contributed by atoms with E-state index in [0.717, 1.165) is 33.4 Å². The van der Waals surface area contributed by atoms with E-state index in [9.17, 15) is 22.8 Å². The van der Waals surface area contributed by atoms with Gasteiger partial charge in [-0.3, -0.25) is 9.59 Å². The Hall–Kier alpha value is -5.68. The molecule has 4 aromatic carbocycles. The molecule has 0 aliphatic carbocycles. The molecule has 0 saturated carbocycles. The lowest BCUT2D eigenvalue weighted by atomic mass is 10.0. The van der Waals surface area contributed by atoms with Crippen molar-refractivity contribution in [2.75, 3.05) is 38.8 Å². The van der Waals surface area contributed by atoms with E-state index in [1.165, 1.54) is 40.4 Å². The number of amides is 2. The van der Waals surface area contributed by atoms with Crippen LogP contribution in [0.4, 0.5) is 36.2 Å². The van der Waals surface area contributed by atoms with Crippen LogP contribution in [0.3, 0.4) is 0 Å². The first kappa shape index (κ1) is 39.1. The summed E-state index contributed by atoms with van der Waals surface area (Å²) in [7, 11) is 6.72. The molecule has 52 heavy (non-hydrogen) atoms. The Balaban J connectivity index is 0.000000222. The molecule has 270 valence electrons. The first-order valence-corrected chi connectivity index (χ1v) is 16.8. The molecular weight excluding hydrogens is 689 g/mol. The highest BCUT2D eigenvalue weighted by molar-refractivity contribution is 6.31. The Morgan fingerprint density at radius 1 is 0.615 bits per heavy atom. The molecule has 0 saturated heterocycles. The summed E-state index contributed by atoms with van der Waals surface area (Å²) in [5, 5.41) is 8.77. The van der Waals surface area contributed by atoms with E-state index in [-0.39, 0.29) is 28.2 Å². The fourth-order valence-electron chi connectivity index (χ4n) is 5.43. The summed E-state index contributed by atoms with van der Waals surface area (Å²) in [5.74, 6) is -1.93. The number of benzene rings is 4. The quantitative estimate of drug-likeness (QED) is 0.177. The van der Waals surface area contributed by atoms with E-state index in [1.54, 1.807) is 46.4 Å². The molecule has 0 atom stereocenters. The monoisotopic (exact) mass is 728 g/mol. The maximum Gasteiger partial charge on any atom is 0.255 e. The zero-order valence-electron chi connectivity index (χ0n) is 30.2. The molecule has 0 fully saturated rings. The largest absolute Gasteiger partial charge is 0.345 e. The summed E-state index contributed by atoms with van der Waals surface area (Å²) < 4.78 is 41.6. The minimum absolute atomic E-state index is 0.0120. The van der Waals surface area contributed by atoms with Crippen LogP contribution in [0.2, 0.25) is 5.02 Å². The second-order valence-electron chi connectivity index (χ2n) is 11.9. The van der Waals surface area contributed by atoms with Crippen molar-refractivity contribution in [3.05, 3.63) is 130 Å². The third-order valence-electron chi connectivity index (χ3n) is 7.92. The molecule has 6 rings (SSSR count). The average molecular weight is 729 g/mol. The number of fused-ring (bicyclic) bond motifs is 2. The Kier molecular flexibility index (Phi) is 12.8. The second kappa shape index (κ2) is 17.0. The van der Waals surface area contributed by atoms with Crippen molar-refractivity contribution >= 4 is 68.0 Å². The van der Waals surface area contributed by atoms with Crippen molar-refractivity contribution in [2.24, 2.45) is 0 Å². The maximum atomic E-state index is 14.2. The third kappa shape index (κ3) is 8.26. The van der Waals surface area contributed by atoms with Crippen LogP contribution in [0.15, 0.2) is 85.2 Å². The van der Waals surface area contributed by atoms with Crippen LogP contribution in [0.25, 0.3) is 21.5 Å². The zero-order chi connectivity index (χ0) is 38.3. The molecule has 2 heterocycles. The van der Waals surface area contributed by atoms with Gasteiger partial charge >= 0.3 is 0 Å². The van der Waals surface area contributed by atoms with Gasteiger partial charge in [0.2, 0.25) is 0 Å². The number of pyridine rings is 2. The lowest BCUT2D eigenvalue weighted by molar-refractivity contribution is 0.0822. The van der Waals surface area contributed by atoms with Gasteiger partial charge in [0.25, 0.3) is 11.8 Å². The Bertz CT molecular complexity index is 2100. The van der Waals surface area contributed by atoms with Crippen LogP contribution in [-0.2, 0) is 0 Å². The van der Waals surface area contributed by atoms with Crippen molar-refractivity contribution in [1.29, 1.82) is 0 Å². The molecule has 0 radical (unpaired) electrons. The van der Waals surface area contributed by atoms with Gasteiger partial charge < -0.3 is 20.4 Å². The molecule has 0 aliphatic heterocycles. The number of aryl methyl sites for hydroxylation is 2. The minimum atomic E-state index is -0.974. The molecule has 6 aromatic rings. The van der Waals surface area contributed by atoms with Gasteiger partial charge in [-0.05, 0) is 49.2 Å². The number of halogens is 4. The fraction of sp³-hybridized carbons (Fsp3) is 0.200. The number of carbonyl (C=O) groups is 2. The predicted octanol–water partition coefficient (Wildman–Crippen LogP) is 10.1. The van der Waals surface area contributed by atoms with Crippen molar-refractivity contribution in [3.8, 4) is 0 Å². The van der Waals surface area contributed by atoms with Crippen LogP contribution in [0, 0.1) is 31.3 Å². The van der Waals surface area contributed by atoms with Crippen molar-refractivity contribution in [2.45, 2.75) is 27.7 Å². The number of nitrogens with zero attached hydrogens (tertiary/aromatic N) is 4. The van der Waals surface area contributed by atoms with Gasteiger partial charge in [-0.25, -0.2) is 23.1 Å². The Morgan fingerprint density at radius 2 is 1.02 bits per heavy atom. The standard InChI is InChI=1S/C19H17ClFN3O.C19H17F2N3O.C2H6/c2*1-11-6-4-7-12-16(11)13(19(25)24(2)3)10-22-18(12)23-15-9-5-8-14(20)17(15)21;1-2/h2*4-10H,1-3H3,(H,22,23);1-2H3. The van der Waals surface area contributed by atoms with Crippen LogP contribution in [0.1, 0.15) is 45.7 Å². The number of anilines is 4. The van der Waals surface area contributed by atoms with Gasteiger partial charge in [0, 0.05) is 62.1 Å². The summed E-state index contributed by atoms with van der Waals surface area (Å²) in [6, 6.07) is 19.8. The highest BCUT2D eigenvalue weighted by atomic mass is 35.5. The van der Waals surface area contributed by atoms with E-state index >= 15 is 0 Å². The molecule has 2 N–H and O–H groups in total. The fourth-order valence-corrected chi connectivity index (χ4v) is 5.61. The topological polar surface area (TPSA) is 90.5 Å². The second-order valence-corrected chi connectivity index (χ2v) is 12.3. The van der Waals surface area contributed by atoms with Gasteiger partial charge in [-0.15, -0.1) is 0 Å². The highest BCUT2D eigenvalue weighted by Crippen LogP contribution is 2.33. The van der Waals surface area contributed by atoms with Gasteiger partial charge in [0.1, 0.15) is 11.6 Å². The van der Waals surface area contributed by atoms with Crippen LogP contribution < -0.4 is 10.6 Å². The smallest absolute Gasteiger partial charge is 0.255 e. The summed E-state index contributed by atoms with van der Waals surface area (Å²) >= 11 is 5.84. The normalized spacial score (nSPS) is 10.5. The molecule has 2 amide bonds. The average Bonchev–Trinajstić information content (AvgIpc) is 3.13. The zero-order valence-corrected chi connectivity index (χ0v) is 31.0. The van der Waals surface area contributed by atoms with Gasteiger partial charge in [0.05, 0.1) is 27.5 Å². The number of nitrogens with one attached hydrogen (secondary N) is 2. The summed E-state index contributed by atoms with van der Waals surface area (Å²) in [6.45, 7) is 7.82. The van der Waals surface area contributed by atoms with Crippen LogP contribution in [-0.4, -0.2) is 59.8 Å². The summed E-state index contributed by atoms with van der Waals surface area (Å²) in [4.78, 5) is 36.5. The maximum absolute atomic E-state index is 14.2. The summed E-state index contributed by atoms with van der Waals surface area (Å²) in [6.07, 6.45) is 2.97. The van der Waals surface area contributed by atoms with Crippen molar-refractivity contribution in [3.63, 3.8) is 0 Å². The van der Waals surface area contributed by atoms with Crippen molar-refractivity contribution < 1.29 is 22.8 Å².